The maximum absolute atomic E-state index is 12.1. The van der Waals surface area contributed by atoms with Crippen molar-refractivity contribution >= 4 is 22.5 Å². The molecule has 0 aliphatic carbocycles. The normalized spacial score (nSPS) is 11.8. The Labute approximate surface area is 140 Å². The maximum atomic E-state index is 12.1. The zero-order valence-electron chi connectivity index (χ0n) is 12.7. The van der Waals surface area contributed by atoms with Gasteiger partial charge in [-0.2, -0.15) is 13.2 Å². The first-order valence-electron chi connectivity index (χ1n) is 7.14. The minimum absolute atomic E-state index is 0.118. The molecule has 0 atom stereocenters. The second kappa shape index (κ2) is 6.68. The van der Waals surface area contributed by atoms with Crippen LogP contribution in [0.3, 0.4) is 0 Å². The third kappa shape index (κ3) is 4.37. The van der Waals surface area contributed by atoms with Crippen molar-refractivity contribution in [3.63, 3.8) is 0 Å². The zero-order valence-corrected chi connectivity index (χ0v) is 12.7. The number of hydrogen-bond acceptors (Lipinski definition) is 4. The Morgan fingerprint density at radius 2 is 1.96 bits per heavy atom. The van der Waals surface area contributed by atoms with Gasteiger partial charge in [0.25, 0.3) is 0 Å². The number of pyridine rings is 1. The number of nitrogens with one attached hydrogen (secondary N) is 1. The number of carbonyl (C=O) groups excluding carboxylic acids is 1. The van der Waals surface area contributed by atoms with Crippen LogP contribution in [0.1, 0.15) is 0 Å². The van der Waals surface area contributed by atoms with Gasteiger partial charge in [-0.15, -0.1) is 0 Å². The third-order valence-electron chi connectivity index (χ3n) is 3.25. The number of anilines is 1. The van der Waals surface area contributed by atoms with Crippen LogP contribution in [0.5, 0.6) is 0 Å². The van der Waals surface area contributed by atoms with Crippen LogP contribution in [0, 0.1) is 0 Å². The summed E-state index contributed by atoms with van der Waals surface area (Å²) < 4.78 is 36.2. The molecule has 1 aromatic carbocycles. The summed E-state index contributed by atoms with van der Waals surface area (Å²) in [5, 5.41) is 3.24. The molecule has 0 bridgehead atoms. The highest BCUT2D eigenvalue weighted by Gasteiger charge is 2.22. The Kier molecular flexibility index (Phi) is 4.42. The van der Waals surface area contributed by atoms with Crippen molar-refractivity contribution in [3.8, 4) is 11.3 Å². The minimum Gasteiger partial charge on any atom is -0.322 e. The van der Waals surface area contributed by atoms with Gasteiger partial charge in [-0.3, -0.25) is 9.78 Å². The third-order valence-corrected chi connectivity index (χ3v) is 3.25. The van der Waals surface area contributed by atoms with Crippen molar-refractivity contribution < 1.29 is 18.0 Å². The van der Waals surface area contributed by atoms with E-state index >= 15 is 0 Å². The number of fused-ring (bicyclic) bond motifs is 1. The maximum Gasteiger partial charge on any atom is 0.409 e. The van der Waals surface area contributed by atoms with Crippen LogP contribution in [0.2, 0.25) is 0 Å². The summed E-state index contributed by atoms with van der Waals surface area (Å²) in [6.45, 7) is 0. The van der Waals surface area contributed by atoms with Crippen LogP contribution < -0.4 is 5.32 Å². The van der Waals surface area contributed by atoms with E-state index in [0.717, 1.165) is 16.5 Å². The molecule has 2 heterocycles. The molecule has 3 aromatic rings. The average molecular weight is 344 g/mol. The fourth-order valence-corrected chi connectivity index (χ4v) is 2.15. The molecule has 0 unspecified atom stereocenters. The molecule has 1 N–H and O–H groups in total. The highest BCUT2D eigenvalue weighted by Crippen LogP contribution is 2.23. The molecule has 8 heteroatoms. The Morgan fingerprint density at radius 3 is 2.76 bits per heavy atom. The molecule has 126 valence electrons. The van der Waals surface area contributed by atoms with Gasteiger partial charge in [0.1, 0.15) is 6.33 Å². The Hall–Kier alpha value is -3.29. The summed E-state index contributed by atoms with van der Waals surface area (Å²) in [6, 6.07) is 8.54. The van der Waals surface area contributed by atoms with E-state index in [1.165, 1.54) is 18.6 Å². The van der Waals surface area contributed by atoms with Crippen LogP contribution in [-0.4, -0.2) is 27.0 Å². The Morgan fingerprint density at radius 1 is 1.12 bits per heavy atom. The van der Waals surface area contributed by atoms with Gasteiger partial charge in [-0.05, 0) is 18.2 Å². The topological polar surface area (TPSA) is 67.8 Å². The molecule has 0 fully saturated rings. The molecule has 0 aliphatic rings. The highest BCUT2D eigenvalue weighted by atomic mass is 19.4. The SMILES string of the molecule is O=C(/C=C/C(F)(F)F)Nc1ccnc(-c2ccc3cncnc3c2)c1. The van der Waals surface area contributed by atoms with Gasteiger partial charge in [0.05, 0.1) is 11.2 Å². The molecule has 1 amide bonds. The lowest BCUT2D eigenvalue weighted by molar-refractivity contribution is -0.112. The first-order chi connectivity index (χ1) is 11.9. The molecule has 0 spiro atoms. The van der Waals surface area contributed by atoms with Crippen molar-refractivity contribution in [2.24, 2.45) is 0 Å². The molecule has 0 aliphatic heterocycles. The second-order valence-electron chi connectivity index (χ2n) is 5.09. The number of carbonyl (C=O) groups is 1. The van der Waals surface area contributed by atoms with Crippen molar-refractivity contribution in [2.45, 2.75) is 6.18 Å². The van der Waals surface area contributed by atoms with Crippen molar-refractivity contribution in [1.29, 1.82) is 0 Å². The first-order valence-corrected chi connectivity index (χ1v) is 7.14. The summed E-state index contributed by atoms with van der Waals surface area (Å²) >= 11 is 0. The van der Waals surface area contributed by atoms with Crippen LogP contribution in [0.25, 0.3) is 22.2 Å². The minimum atomic E-state index is -4.53. The lowest BCUT2D eigenvalue weighted by Gasteiger charge is -2.06. The van der Waals surface area contributed by atoms with E-state index in [-0.39, 0.29) is 6.08 Å². The predicted octanol–water partition coefficient (Wildman–Crippen LogP) is 3.75. The number of allylic oxidation sites excluding steroid dienone is 1. The molecule has 0 saturated heterocycles. The van der Waals surface area contributed by atoms with Crippen LogP contribution in [-0.2, 0) is 4.79 Å². The van der Waals surface area contributed by atoms with Gasteiger partial charge in [0.15, 0.2) is 0 Å². The number of aromatic nitrogens is 3. The van der Waals surface area contributed by atoms with E-state index in [0.29, 0.717) is 17.5 Å². The van der Waals surface area contributed by atoms with Crippen molar-refractivity contribution in [1.82, 2.24) is 15.0 Å². The molecule has 2 aromatic heterocycles. The summed E-state index contributed by atoms with van der Waals surface area (Å²) in [5.74, 6) is -0.874. The van der Waals surface area contributed by atoms with Gasteiger partial charge < -0.3 is 5.32 Å². The summed E-state index contributed by atoms with van der Waals surface area (Å²) in [6.07, 6.45) is 0.364. The van der Waals surface area contributed by atoms with Gasteiger partial charge >= 0.3 is 6.18 Å². The number of rotatable bonds is 3. The quantitative estimate of drug-likeness (QED) is 0.735. The molecule has 0 radical (unpaired) electrons. The van der Waals surface area contributed by atoms with E-state index < -0.39 is 12.1 Å². The number of nitrogens with zero attached hydrogens (tertiary/aromatic N) is 3. The summed E-state index contributed by atoms with van der Waals surface area (Å²) in [7, 11) is 0. The van der Waals surface area contributed by atoms with E-state index in [1.54, 1.807) is 12.3 Å². The second-order valence-corrected chi connectivity index (χ2v) is 5.09. The monoisotopic (exact) mass is 344 g/mol. The fraction of sp³-hybridized carbons (Fsp3) is 0.0588. The molecule has 25 heavy (non-hydrogen) atoms. The lowest BCUT2D eigenvalue weighted by Crippen LogP contribution is -2.10. The standard InChI is InChI=1S/C17H11F3N4O/c18-17(19,20)5-3-16(25)24-13-4-6-22-15(8-13)11-1-2-12-9-21-10-23-14(12)7-11/h1-10H,(H,22,24,25)/b5-3+. The molecule has 5 nitrogen and oxygen atoms in total. The average Bonchev–Trinajstić information content (AvgIpc) is 2.59. The van der Waals surface area contributed by atoms with E-state index in [1.807, 2.05) is 18.2 Å². The number of hydrogen-bond donors (Lipinski definition) is 1. The smallest absolute Gasteiger partial charge is 0.322 e. The van der Waals surface area contributed by atoms with Crippen molar-refractivity contribution in [3.05, 3.63) is 61.2 Å². The lowest BCUT2D eigenvalue weighted by atomic mass is 10.1. The van der Waals surface area contributed by atoms with Crippen LogP contribution in [0.4, 0.5) is 18.9 Å². The van der Waals surface area contributed by atoms with Crippen LogP contribution >= 0.6 is 0 Å². The van der Waals surface area contributed by atoms with E-state index in [2.05, 4.69) is 20.3 Å². The number of amides is 1. The fourth-order valence-electron chi connectivity index (χ4n) is 2.15. The predicted molar refractivity (Wildman–Crippen MR) is 86.6 cm³/mol. The van der Waals surface area contributed by atoms with Gasteiger partial charge in [-0.1, -0.05) is 12.1 Å². The van der Waals surface area contributed by atoms with Gasteiger partial charge in [0.2, 0.25) is 5.91 Å². The number of benzene rings is 1. The molecular weight excluding hydrogens is 333 g/mol. The largest absolute Gasteiger partial charge is 0.409 e. The zero-order chi connectivity index (χ0) is 17.9. The van der Waals surface area contributed by atoms with Gasteiger partial charge in [0, 0.05) is 41.2 Å². The Bertz CT molecular complexity index is 954. The van der Waals surface area contributed by atoms with Gasteiger partial charge in [-0.25, -0.2) is 9.97 Å². The Balaban J connectivity index is 1.83. The molecule has 3 rings (SSSR count). The highest BCUT2D eigenvalue weighted by molar-refractivity contribution is 5.99. The van der Waals surface area contributed by atoms with Crippen molar-refractivity contribution in [2.75, 3.05) is 5.32 Å². The van der Waals surface area contributed by atoms with E-state index in [4.69, 9.17) is 0 Å². The first kappa shape index (κ1) is 16.6. The number of halogens is 3. The number of alkyl halides is 3. The molecule has 0 saturated carbocycles. The molecular formula is C17H11F3N4O. The van der Waals surface area contributed by atoms with E-state index in [9.17, 15) is 18.0 Å². The summed E-state index contributed by atoms with van der Waals surface area (Å²) in [5.41, 5.74) is 2.38. The summed E-state index contributed by atoms with van der Waals surface area (Å²) in [4.78, 5) is 23.9. The van der Waals surface area contributed by atoms with Crippen LogP contribution in [0.15, 0.2) is 61.2 Å².